The van der Waals surface area contributed by atoms with Crippen LogP contribution in [-0.2, 0) is 10.8 Å². The summed E-state index contributed by atoms with van der Waals surface area (Å²) in [5, 5.41) is 0. The molecule has 1 aromatic carbocycles. The van der Waals surface area contributed by atoms with E-state index < -0.39 is 17.5 Å². The van der Waals surface area contributed by atoms with E-state index in [1.165, 1.54) is 0 Å². The second-order valence-electron chi connectivity index (χ2n) is 5.15. The van der Waals surface area contributed by atoms with Gasteiger partial charge in [0.25, 0.3) is 0 Å². The van der Waals surface area contributed by atoms with Gasteiger partial charge in [-0.15, -0.1) is 0 Å². The van der Waals surface area contributed by atoms with Gasteiger partial charge in [0, 0.05) is 17.7 Å². The summed E-state index contributed by atoms with van der Waals surface area (Å²) < 4.78 is 45.4. The summed E-state index contributed by atoms with van der Waals surface area (Å²) in [5.74, 6) is -2.46. The van der Waals surface area contributed by atoms with Crippen LogP contribution in [0.4, 0.5) is 13.2 Å². The van der Waals surface area contributed by atoms with Crippen LogP contribution in [0.2, 0.25) is 0 Å². The zero-order valence-corrected chi connectivity index (χ0v) is 14.4. The Morgan fingerprint density at radius 2 is 1.60 bits per heavy atom. The highest BCUT2D eigenvalue weighted by Gasteiger charge is 2.23. The van der Waals surface area contributed by atoms with Crippen molar-refractivity contribution in [3.63, 3.8) is 0 Å². The maximum absolute atomic E-state index is 13.5. The molecule has 0 radical (unpaired) electrons. The molecule has 0 aromatic heterocycles. The van der Waals surface area contributed by atoms with Gasteiger partial charge >= 0.3 is 0 Å². The molecule has 0 aliphatic rings. The molecular formula is C15H23F3OSi. The second kappa shape index (κ2) is 7.83. The Morgan fingerprint density at radius 3 is 2.05 bits per heavy atom. The fourth-order valence-corrected chi connectivity index (χ4v) is 3.34. The Bertz CT molecular complexity index is 402. The van der Waals surface area contributed by atoms with Crippen LogP contribution in [0.3, 0.4) is 0 Å². The van der Waals surface area contributed by atoms with E-state index in [0.29, 0.717) is 23.3 Å². The van der Waals surface area contributed by atoms with E-state index in [-0.39, 0.29) is 11.2 Å². The van der Waals surface area contributed by atoms with Gasteiger partial charge in [-0.05, 0) is 32.1 Å². The number of halogens is 3. The summed E-state index contributed by atoms with van der Waals surface area (Å²) in [6, 6.07) is 1.48. The van der Waals surface area contributed by atoms with Gasteiger partial charge in [0.15, 0.2) is 0 Å². The lowest BCUT2D eigenvalue weighted by Gasteiger charge is -2.31. The van der Waals surface area contributed by atoms with Crippen molar-refractivity contribution in [2.75, 3.05) is 0 Å². The molecule has 0 bridgehead atoms. The van der Waals surface area contributed by atoms with Crippen molar-refractivity contribution in [1.82, 2.24) is 0 Å². The highest BCUT2D eigenvalue weighted by molar-refractivity contribution is 5.98. The van der Waals surface area contributed by atoms with E-state index in [0.717, 1.165) is 37.8 Å². The van der Waals surface area contributed by atoms with Crippen LogP contribution >= 0.6 is 0 Å². The number of benzene rings is 1. The molecule has 20 heavy (non-hydrogen) atoms. The minimum atomic E-state index is -0.871. The molecular weight excluding hydrogens is 281 g/mol. The summed E-state index contributed by atoms with van der Waals surface area (Å²) in [7, 11) is 0.694. The molecule has 0 aliphatic heterocycles. The molecule has 114 valence electrons. The second-order valence-corrected chi connectivity index (χ2v) is 5.56. The first-order valence-electron chi connectivity index (χ1n) is 7.16. The largest absolute Gasteiger partial charge is 0.422 e. The van der Waals surface area contributed by atoms with Gasteiger partial charge in [-0.25, -0.2) is 13.2 Å². The lowest BCUT2D eigenvalue weighted by molar-refractivity contribution is 0.0585. The van der Waals surface area contributed by atoms with Gasteiger partial charge in [0.2, 0.25) is 0 Å². The molecule has 0 saturated carbocycles. The predicted octanol–water partition coefficient (Wildman–Crippen LogP) is 3.67. The summed E-state index contributed by atoms with van der Waals surface area (Å²) in [6.45, 7) is 4.20. The van der Waals surface area contributed by atoms with Gasteiger partial charge in [-0.3, -0.25) is 0 Å². The van der Waals surface area contributed by atoms with Crippen molar-refractivity contribution in [1.29, 1.82) is 0 Å². The third kappa shape index (κ3) is 4.35. The number of hydrogen-bond acceptors (Lipinski definition) is 1. The predicted molar refractivity (Wildman–Crippen MR) is 78.2 cm³/mol. The Hall–Kier alpha value is -0.813. The molecule has 1 rings (SSSR count). The quantitative estimate of drug-likeness (QED) is 0.526. The maximum Gasteiger partial charge on any atom is 0.146 e. The molecule has 0 spiro atoms. The highest BCUT2D eigenvalue weighted by Crippen LogP contribution is 2.27. The van der Waals surface area contributed by atoms with E-state index in [9.17, 15) is 13.2 Å². The van der Waals surface area contributed by atoms with Crippen LogP contribution in [-0.4, -0.2) is 16.1 Å². The van der Waals surface area contributed by atoms with Crippen LogP contribution < -0.4 is 0 Å². The van der Waals surface area contributed by atoms with Crippen LogP contribution in [0.25, 0.3) is 0 Å². The number of hydrogen-bond donors (Lipinski definition) is 0. The molecule has 0 aliphatic carbocycles. The highest BCUT2D eigenvalue weighted by atomic mass is 28.2. The van der Waals surface area contributed by atoms with E-state index in [2.05, 4.69) is 13.8 Å². The van der Waals surface area contributed by atoms with Gasteiger partial charge in [-0.2, -0.15) is 0 Å². The molecule has 1 nitrogen and oxygen atoms in total. The van der Waals surface area contributed by atoms with E-state index in [1.807, 2.05) is 0 Å². The molecule has 0 N–H and O–H groups in total. The lowest BCUT2D eigenvalue weighted by atomic mass is 9.90. The average Bonchev–Trinajstić information content (AvgIpc) is 2.42. The first-order valence-corrected chi connectivity index (χ1v) is 7.98. The monoisotopic (exact) mass is 304 g/mol. The van der Waals surface area contributed by atoms with Crippen molar-refractivity contribution in [2.24, 2.45) is 0 Å². The van der Waals surface area contributed by atoms with Crippen LogP contribution in [0.15, 0.2) is 12.1 Å². The van der Waals surface area contributed by atoms with E-state index in [4.69, 9.17) is 4.43 Å². The fraction of sp³-hybridized carbons (Fsp3) is 0.600. The van der Waals surface area contributed by atoms with Gasteiger partial charge in [0.1, 0.15) is 27.9 Å². The third-order valence-corrected chi connectivity index (χ3v) is 5.00. The average molecular weight is 304 g/mol. The van der Waals surface area contributed by atoms with Crippen molar-refractivity contribution in [3.8, 4) is 0 Å². The minimum Gasteiger partial charge on any atom is -0.422 e. The van der Waals surface area contributed by atoms with Gasteiger partial charge < -0.3 is 4.43 Å². The Morgan fingerprint density at radius 1 is 1.05 bits per heavy atom. The SMILES string of the molecule is CCC(CC)(CCCCc1c(F)cc(F)cc1F)O[SiH3]. The maximum atomic E-state index is 13.5. The van der Waals surface area contributed by atoms with Crippen molar-refractivity contribution < 1.29 is 17.6 Å². The van der Waals surface area contributed by atoms with Crippen molar-refractivity contribution in [2.45, 2.75) is 58.0 Å². The Balaban J connectivity index is 2.53. The fourth-order valence-electron chi connectivity index (χ4n) is 2.55. The molecule has 0 unspecified atom stereocenters. The molecule has 0 amide bonds. The zero-order chi connectivity index (χ0) is 15.2. The number of rotatable bonds is 8. The lowest BCUT2D eigenvalue weighted by Crippen LogP contribution is -2.30. The van der Waals surface area contributed by atoms with Crippen molar-refractivity contribution >= 4 is 10.5 Å². The van der Waals surface area contributed by atoms with Gasteiger partial charge in [0.05, 0.1) is 5.60 Å². The third-order valence-electron chi connectivity index (χ3n) is 4.14. The normalized spacial score (nSPS) is 12.1. The summed E-state index contributed by atoms with van der Waals surface area (Å²) in [4.78, 5) is 0. The van der Waals surface area contributed by atoms with Crippen molar-refractivity contribution in [3.05, 3.63) is 35.1 Å². The molecule has 0 fully saturated rings. The molecule has 0 atom stereocenters. The summed E-state index contributed by atoms with van der Waals surface area (Å²) in [6.07, 6.45) is 4.61. The summed E-state index contributed by atoms with van der Waals surface area (Å²) in [5.41, 5.74) is -0.0941. The minimum absolute atomic E-state index is 0.0169. The van der Waals surface area contributed by atoms with Crippen LogP contribution in [0, 0.1) is 17.5 Å². The van der Waals surface area contributed by atoms with Gasteiger partial charge in [-0.1, -0.05) is 20.3 Å². The van der Waals surface area contributed by atoms with Crippen LogP contribution in [0.5, 0.6) is 0 Å². The zero-order valence-electron chi connectivity index (χ0n) is 12.4. The molecule has 0 saturated heterocycles. The molecule has 1 aromatic rings. The number of unbranched alkanes of at least 4 members (excludes halogenated alkanes) is 1. The van der Waals surface area contributed by atoms with E-state index in [1.54, 1.807) is 0 Å². The van der Waals surface area contributed by atoms with Crippen LogP contribution in [0.1, 0.15) is 51.5 Å². The Kier molecular flexibility index (Phi) is 6.75. The standard InChI is InChI=1S/C15H23F3OSi/c1-3-15(4-2,19-20)8-6-5-7-12-13(17)9-11(16)10-14(12)18/h9-10H,3-8H2,1-2,20H3. The smallest absolute Gasteiger partial charge is 0.146 e. The first-order chi connectivity index (χ1) is 9.48. The first kappa shape index (κ1) is 17.2. The molecule has 0 heterocycles. The molecule has 5 heteroatoms. The Labute approximate surface area is 122 Å². The summed E-state index contributed by atoms with van der Waals surface area (Å²) >= 11 is 0. The topological polar surface area (TPSA) is 9.23 Å². The van der Waals surface area contributed by atoms with E-state index >= 15 is 0 Å².